The summed E-state index contributed by atoms with van der Waals surface area (Å²) in [5.41, 5.74) is 28.0. The number of nitrogens with zero attached hydrogens (tertiary/aromatic N) is 10. The molecule has 0 aliphatic rings. The molecule has 0 fully saturated rings. The minimum absolute atomic E-state index is 0.0497. The molecule has 0 unspecified atom stereocenters. The molecule has 0 atom stereocenters. The molecule has 22 aromatic rings. The molecule has 14 aromatic carbocycles. The molecule has 0 saturated carbocycles. The lowest BCUT2D eigenvalue weighted by molar-refractivity contribution is 0.525. The van der Waals surface area contributed by atoms with Crippen LogP contribution in [0.25, 0.3) is 187 Å². The molecular weight excluding hydrogens is 1490 g/mol. The van der Waals surface area contributed by atoms with Crippen LogP contribution in [0, 0.1) is 22.7 Å². The fourth-order valence-corrected chi connectivity index (χ4v) is 19.8. The zero-order valence-corrected chi connectivity index (χ0v) is 70.3. The third-order valence-electron chi connectivity index (χ3n) is 26.1. The monoisotopic (exact) mass is 1570 g/mol. The van der Waals surface area contributed by atoms with Gasteiger partial charge in [-0.15, -0.1) is 0 Å². The van der Waals surface area contributed by atoms with Gasteiger partial charge in [0.05, 0.1) is 113 Å². The van der Waals surface area contributed by atoms with Crippen LogP contribution >= 0.6 is 0 Å². The van der Waals surface area contributed by atoms with Crippen molar-refractivity contribution in [3.05, 3.63) is 361 Å². The molecule has 0 radical (unpaired) electrons. The molecule has 10 nitrogen and oxygen atoms in total. The van der Waals surface area contributed by atoms with Gasteiger partial charge in [0.1, 0.15) is 11.6 Å². The van der Waals surface area contributed by atoms with Crippen LogP contribution in [0.2, 0.25) is 0 Å². The van der Waals surface area contributed by atoms with E-state index in [9.17, 15) is 10.5 Å². The Balaban J connectivity index is 0.675. The highest BCUT2D eigenvalue weighted by molar-refractivity contribution is 6.17. The van der Waals surface area contributed by atoms with Crippen molar-refractivity contribution in [1.29, 1.82) is 10.5 Å². The van der Waals surface area contributed by atoms with Crippen LogP contribution in [-0.2, 0) is 28.1 Å². The number of rotatable bonds is 11. The second-order valence-electron chi connectivity index (χ2n) is 37.0. The highest BCUT2D eigenvalue weighted by atomic mass is 15.1. The van der Waals surface area contributed by atoms with E-state index in [2.05, 4.69) is 413 Å². The van der Waals surface area contributed by atoms with Crippen LogP contribution in [0.4, 0.5) is 0 Å². The van der Waals surface area contributed by atoms with Gasteiger partial charge in [0, 0.05) is 87.1 Å². The van der Waals surface area contributed by atoms with E-state index in [1.54, 1.807) is 0 Å². The zero-order valence-electron chi connectivity index (χ0n) is 70.3. The molecule has 0 spiro atoms. The van der Waals surface area contributed by atoms with E-state index in [-0.39, 0.29) is 21.7 Å². The van der Waals surface area contributed by atoms with Crippen LogP contribution < -0.4 is 0 Å². The van der Waals surface area contributed by atoms with Crippen molar-refractivity contribution in [3.8, 4) is 68.8 Å². The van der Waals surface area contributed by atoms with Crippen LogP contribution in [0.3, 0.4) is 0 Å². The van der Waals surface area contributed by atoms with Crippen molar-refractivity contribution in [2.75, 3.05) is 0 Å². The fourth-order valence-electron chi connectivity index (χ4n) is 19.8. The van der Waals surface area contributed by atoms with Crippen molar-refractivity contribution in [3.63, 3.8) is 0 Å². The van der Waals surface area contributed by atoms with Crippen molar-refractivity contribution in [2.24, 2.45) is 0 Å². The van der Waals surface area contributed by atoms with Gasteiger partial charge in [-0.25, -0.2) is 9.97 Å². The summed E-state index contributed by atoms with van der Waals surface area (Å²) in [5, 5.41) is 34.6. The molecule has 22 rings (SSSR count). The maximum absolute atomic E-state index is 10.2. The standard InChI is InChI=1S/C112H88N10/c1-109(2,3)73-43-51-97-88(55-73)91-58-76(46-54-98(91)119(97)104-66-115-106(61-86(104)70-39-35-68(64-113)36-40-70)121-99-52-44-74(110(4,5)6)56-89(99)90-57-75(111(7,8)9)45-53-100(90)121)112(10,11)63-72-23-22-34-101-108(72)85-28-16-21-33-96(85)118(101)78-48-49-83-81-26-14-19-31-94(81)120(102(83)59-78)105-67-116-107(62-87(105)71-41-37-69(65-114)38-42-71)122-95-32-20-15-27-82(95)84-50-47-77(60-103(84)122)117-92-29-17-12-24-79(92)80-25-13-18-30-93(80)117/h12-62,66-67H,63H2,1-11H3. The van der Waals surface area contributed by atoms with Crippen LogP contribution in [0.1, 0.15) is 115 Å². The summed E-state index contributed by atoms with van der Waals surface area (Å²) < 4.78 is 14.4. The van der Waals surface area contributed by atoms with E-state index in [0.717, 1.165) is 151 Å². The molecule has 0 aliphatic carbocycles. The normalized spacial score (nSPS) is 12.6. The van der Waals surface area contributed by atoms with Gasteiger partial charge < -0.3 is 18.3 Å². The third kappa shape index (κ3) is 11.5. The van der Waals surface area contributed by atoms with E-state index in [4.69, 9.17) is 9.97 Å². The summed E-state index contributed by atoms with van der Waals surface area (Å²) in [4.78, 5) is 11.1. The van der Waals surface area contributed by atoms with E-state index in [0.29, 0.717) is 11.1 Å². The molecule has 122 heavy (non-hydrogen) atoms. The predicted molar refractivity (Wildman–Crippen MR) is 508 cm³/mol. The first-order valence-electron chi connectivity index (χ1n) is 42.3. The number of aromatic nitrogens is 8. The van der Waals surface area contributed by atoms with Gasteiger partial charge in [-0.3, -0.25) is 9.13 Å². The first-order valence-corrected chi connectivity index (χ1v) is 42.3. The maximum atomic E-state index is 10.2. The average molecular weight is 1570 g/mol. The summed E-state index contributed by atoms with van der Waals surface area (Å²) >= 11 is 0. The second kappa shape index (κ2) is 27.1. The number of hydrogen-bond donors (Lipinski definition) is 0. The second-order valence-corrected chi connectivity index (χ2v) is 37.0. The van der Waals surface area contributed by atoms with Gasteiger partial charge in [-0.1, -0.05) is 240 Å². The van der Waals surface area contributed by atoms with Crippen molar-refractivity contribution in [2.45, 2.75) is 104 Å². The molecule has 0 aliphatic heterocycles. The first-order chi connectivity index (χ1) is 59.0. The lowest BCUT2D eigenvalue weighted by atomic mass is 9.78. The number of nitriles is 2. The molecule has 0 N–H and O–H groups in total. The summed E-state index contributed by atoms with van der Waals surface area (Å²) in [6.07, 6.45) is 4.90. The molecule has 0 amide bonds. The average Bonchev–Trinajstić information content (AvgIpc) is 1.57. The molecule has 10 heteroatoms. The smallest absolute Gasteiger partial charge is 0.138 e. The molecule has 8 heterocycles. The Labute approximate surface area is 707 Å². The third-order valence-corrected chi connectivity index (χ3v) is 26.1. The molecule has 586 valence electrons. The van der Waals surface area contributed by atoms with Crippen molar-refractivity contribution >= 4 is 131 Å². The Morgan fingerprint density at radius 3 is 1.01 bits per heavy atom. The fraction of sp³-hybridized carbons (Fsp3) is 0.143. The summed E-state index contributed by atoms with van der Waals surface area (Å²) in [7, 11) is 0. The minimum atomic E-state index is -0.365. The maximum Gasteiger partial charge on any atom is 0.138 e. The molecule has 8 aromatic heterocycles. The molecule has 0 saturated heterocycles. The van der Waals surface area contributed by atoms with Gasteiger partial charge in [0.2, 0.25) is 0 Å². The number of hydrogen-bond acceptors (Lipinski definition) is 4. The Bertz CT molecular complexity index is 8140. The summed E-state index contributed by atoms with van der Waals surface area (Å²) in [6, 6.07) is 118. The van der Waals surface area contributed by atoms with Gasteiger partial charge >= 0.3 is 0 Å². The summed E-state index contributed by atoms with van der Waals surface area (Å²) in [6.45, 7) is 25.4. The Hall–Kier alpha value is -14.8. The minimum Gasteiger partial charge on any atom is -0.309 e. The van der Waals surface area contributed by atoms with Gasteiger partial charge in [-0.05, 0) is 213 Å². The zero-order chi connectivity index (χ0) is 83.1. The highest BCUT2D eigenvalue weighted by Crippen LogP contribution is 2.48. The van der Waals surface area contributed by atoms with E-state index in [1.165, 1.54) is 70.9 Å². The lowest BCUT2D eigenvalue weighted by Crippen LogP contribution is -2.20. The van der Waals surface area contributed by atoms with E-state index in [1.807, 2.05) is 24.3 Å². The largest absolute Gasteiger partial charge is 0.309 e. The topological polar surface area (TPSA) is 103 Å². The summed E-state index contributed by atoms with van der Waals surface area (Å²) in [5.74, 6) is 1.59. The predicted octanol–water partition coefficient (Wildman–Crippen LogP) is 28.5. The highest BCUT2D eigenvalue weighted by Gasteiger charge is 2.31. The van der Waals surface area contributed by atoms with Crippen LogP contribution in [0.5, 0.6) is 0 Å². The Morgan fingerprint density at radius 1 is 0.262 bits per heavy atom. The van der Waals surface area contributed by atoms with E-state index < -0.39 is 0 Å². The van der Waals surface area contributed by atoms with Gasteiger partial charge in [0.25, 0.3) is 0 Å². The lowest BCUT2D eigenvalue weighted by Gasteiger charge is -2.26. The van der Waals surface area contributed by atoms with E-state index >= 15 is 0 Å². The molecule has 0 bridgehead atoms. The van der Waals surface area contributed by atoms with Gasteiger partial charge in [0.15, 0.2) is 0 Å². The quantitative estimate of drug-likeness (QED) is 0.129. The van der Waals surface area contributed by atoms with Gasteiger partial charge in [-0.2, -0.15) is 10.5 Å². The Kier molecular flexibility index (Phi) is 16.3. The molecular formula is C112H88N10. The number of pyridine rings is 2. The Morgan fingerprint density at radius 2 is 0.582 bits per heavy atom. The van der Waals surface area contributed by atoms with Crippen LogP contribution in [0.15, 0.2) is 322 Å². The number of benzene rings is 14. The number of fused-ring (bicyclic) bond motifs is 18. The van der Waals surface area contributed by atoms with Crippen LogP contribution in [-0.4, -0.2) is 37.4 Å². The first kappa shape index (κ1) is 73.5. The van der Waals surface area contributed by atoms with Crippen molar-refractivity contribution in [1.82, 2.24) is 37.4 Å². The van der Waals surface area contributed by atoms with Crippen molar-refractivity contribution < 1.29 is 0 Å². The SMILES string of the molecule is CC(C)(C)c1ccc2c(c1)c1cc(C(C)(C)C)ccc1n2-c1cc(-c2ccc(C#N)cc2)c(-n2c3ccc(C(C)(C)C)cc3c3cc(C(C)(C)Cc4cccc5c4c4ccccc4n5-c4ccc5c6ccccc6n(-c6cnc(-n7c8ccccc8c8ccc(-n9c%10ccccc%10c%10ccccc%109)cc87)cc6-c6ccc(C#N)cc6)c5c4)ccc32)cn1. The number of para-hydroxylation sites is 5.